The highest BCUT2D eigenvalue weighted by Crippen LogP contribution is 2.06. The van der Waals surface area contributed by atoms with Gasteiger partial charge in [-0.15, -0.1) is 0 Å². The third-order valence-electron chi connectivity index (χ3n) is 1.96. The second-order valence-electron chi connectivity index (χ2n) is 2.86. The minimum Gasteiger partial charge on any atom is -0.292 e. The van der Waals surface area contributed by atoms with E-state index in [-0.39, 0.29) is 0 Å². The van der Waals surface area contributed by atoms with Crippen LogP contribution in [0.1, 0.15) is 19.3 Å². The molecule has 0 atom stereocenters. The SMILES string of the molecule is C=CC#CCN1CCCCC1. The van der Waals surface area contributed by atoms with Crippen molar-refractivity contribution in [2.75, 3.05) is 19.6 Å². The predicted molar refractivity (Wildman–Crippen MR) is 48.3 cm³/mol. The van der Waals surface area contributed by atoms with Crippen LogP contribution in [0, 0.1) is 11.8 Å². The summed E-state index contributed by atoms with van der Waals surface area (Å²) in [6.07, 6.45) is 5.74. The maximum Gasteiger partial charge on any atom is 0.0605 e. The van der Waals surface area contributed by atoms with Gasteiger partial charge in [-0.2, -0.15) is 0 Å². The fraction of sp³-hybridized carbons (Fsp3) is 0.600. The van der Waals surface area contributed by atoms with Crippen LogP contribution in [-0.2, 0) is 0 Å². The average Bonchev–Trinajstić information content (AvgIpc) is 2.07. The van der Waals surface area contributed by atoms with Gasteiger partial charge in [0.05, 0.1) is 6.54 Å². The Morgan fingerprint density at radius 3 is 2.64 bits per heavy atom. The summed E-state index contributed by atoms with van der Waals surface area (Å²) in [4.78, 5) is 2.40. The van der Waals surface area contributed by atoms with Gasteiger partial charge in [-0.25, -0.2) is 0 Å². The molecule has 1 saturated heterocycles. The fourth-order valence-corrected chi connectivity index (χ4v) is 1.35. The Bertz CT molecular complexity index is 167. The van der Waals surface area contributed by atoms with E-state index in [1.807, 2.05) is 0 Å². The highest BCUT2D eigenvalue weighted by Gasteiger charge is 2.06. The molecule has 0 spiro atoms. The number of likely N-dealkylation sites (tertiary alicyclic amines) is 1. The number of hydrogen-bond donors (Lipinski definition) is 0. The van der Waals surface area contributed by atoms with E-state index in [0.29, 0.717) is 0 Å². The lowest BCUT2D eigenvalue weighted by Gasteiger charge is -2.23. The zero-order valence-electron chi connectivity index (χ0n) is 6.97. The Labute approximate surface area is 69.1 Å². The minimum absolute atomic E-state index is 0.923. The summed E-state index contributed by atoms with van der Waals surface area (Å²) in [5.74, 6) is 5.93. The van der Waals surface area contributed by atoms with Gasteiger partial charge in [0.2, 0.25) is 0 Å². The Morgan fingerprint density at radius 1 is 1.27 bits per heavy atom. The predicted octanol–water partition coefficient (Wildman–Crippen LogP) is 1.66. The Hall–Kier alpha value is -0.740. The van der Waals surface area contributed by atoms with Gasteiger partial charge in [-0.1, -0.05) is 24.8 Å². The van der Waals surface area contributed by atoms with Crippen LogP contribution in [0.15, 0.2) is 12.7 Å². The van der Waals surface area contributed by atoms with Crippen molar-refractivity contribution in [2.45, 2.75) is 19.3 Å². The number of nitrogens with zero attached hydrogens (tertiary/aromatic N) is 1. The Balaban J connectivity index is 2.19. The van der Waals surface area contributed by atoms with Crippen molar-refractivity contribution in [3.63, 3.8) is 0 Å². The normalized spacial score (nSPS) is 18.5. The average molecular weight is 149 g/mol. The van der Waals surface area contributed by atoms with Crippen molar-refractivity contribution in [1.29, 1.82) is 0 Å². The lowest BCUT2D eigenvalue weighted by Crippen LogP contribution is -2.29. The Kier molecular flexibility index (Phi) is 3.79. The summed E-state index contributed by atoms with van der Waals surface area (Å²) < 4.78 is 0. The van der Waals surface area contributed by atoms with Crippen molar-refractivity contribution >= 4 is 0 Å². The second-order valence-corrected chi connectivity index (χ2v) is 2.86. The topological polar surface area (TPSA) is 3.24 Å². The summed E-state index contributed by atoms with van der Waals surface area (Å²) in [5, 5.41) is 0. The van der Waals surface area contributed by atoms with Crippen LogP contribution in [0.25, 0.3) is 0 Å². The van der Waals surface area contributed by atoms with Crippen LogP contribution in [0.2, 0.25) is 0 Å². The molecule has 1 nitrogen and oxygen atoms in total. The molecule has 60 valence electrons. The summed E-state index contributed by atoms with van der Waals surface area (Å²) in [7, 11) is 0. The summed E-state index contributed by atoms with van der Waals surface area (Å²) in [6.45, 7) is 6.93. The summed E-state index contributed by atoms with van der Waals surface area (Å²) >= 11 is 0. The van der Waals surface area contributed by atoms with Crippen LogP contribution in [-0.4, -0.2) is 24.5 Å². The molecule has 0 amide bonds. The highest BCUT2D eigenvalue weighted by atomic mass is 15.1. The molecule has 0 aromatic rings. The first-order chi connectivity index (χ1) is 5.43. The monoisotopic (exact) mass is 149 g/mol. The molecule has 0 unspecified atom stereocenters. The highest BCUT2D eigenvalue weighted by molar-refractivity contribution is 5.13. The van der Waals surface area contributed by atoms with Crippen LogP contribution < -0.4 is 0 Å². The van der Waals surface area contributed by atoms with Gasteiger partial charge < -0.3 is 0 Å². The molecule has 0 aromatic carbocycles. The first-order valence-electron chi connectivity index (χ1n) is 4.25. The quantitative estimate of drug-likeness (QED) is 0.512. The van der Waals surface area contributed by atoms with E-state index < -0.39 is 0 Å². The summed E-state index contributed by atoms with van der Waals surface area (Å²) in [6, 6.07) is 0. The van der Waals surface area contributed by atoms with E-state index in [1.54, 1.807) is 6.08 Å². The number of hydrogen-bond acceptors (Lipinski definition) is 1. The van der Waals surface area contributed by atoms with E-state index in [0.717, 1.165) is 6.54 Å². The molecule has 0 N–H and O–H groups in total. The zero-order valence-corrected chi connectivity index (χ0v) is 6.97. The fourth-order valence-electron chi connectivity index (χ4n) is 1.35. The molecule has 1 heteroatoms. The number of piperidine rings is 1. The van der Waals surface area contributed by atoms with Crippen molar-refractivity contribution in [3.8, 4) is 11.8 Å². The number of allylic oxidation sites excluding steroid dienone is 1. The molecule has 0 saturated carbocycles. The smallest absolute Gasteiger partial charge is 0.0605 e. The van der Waals surface area contributed by atoms with Gasteiger partial charge in [-0.05, 0) is 32.0 Å². The maximum absolute atomic E-state index is 3.55. The molecular formula is C10H15N. The van der Waals surface area contributed by atoms with E-state index >= 15 is 0 Å². The second kappa shape index (κ2) is 4.98. The van der Waals surface area contributed by atoms with Gasteiger partial charge in [0.15, 0.2) is 0 Å². The van der Waals surface area contributed by atoms with Gasteiger partial charge in [-0.3, -0.25) is 4.90 Å². The molecule has 1 heterocycles. The molecule has 0 aliphatic carbocycles. The zero-order chi connectivity index (χ0) is 7.94. The van der Waals surface area contributed by atoms with Crippen LogP contribution in [0.5, 0.6) is 0 Å². The third-order valence-corrected chi connectivity index (χ3v) is 1.96. The third kappa shape index (κ3) is 3.25. The standard InChI is InChI=1S/C10H15N/c1-2-3-5-8-11-9-6-4-7-10-11/h2H,1,4,6-10H2. The van der Waals surface area contributed by atoms with E-state index in [1.165, 1.54) is 32.4 Å². The molecule has 1 rings (SSSR count). The van der Waals surface area contributed by atoms with Crippen molar-refractivity contribution in [3.05, 3.63) is 12.7 Å². The lowest BCUT2D eigenvalue weighted by molar-refractivity contribution is 0.255. The molecule has 0 aromatic heterocycles. The molecule has 11 heavy (non-hydrogen) atoms. The maximum atomic E-state index is 3.55. The van der Waals surface area contributed by atoms with Gasteiger partial charge in [0.1, 0.15) is 0 Å². The molecule has 1 aliphatic heterocycles. The first-order valence-corrected chi connectivity index (χ1v) is 4.25. The molecule has 1 fully saturated rings. The van der Waals surface area contributed by atoms with Gasteiger partial charge in [0.25, 0.3) is 0 Å². The minimum atomic E-state index is 0.923. The lowest BCUT2D eigenvalue weighted by atomic mass is 10.1. The summed E-state index contributed by atoms with van der Waals surface area (Å²) in [5.41, 5.74) is 0. The van der Waals surface area contributed by atoms with E-state index in [2.05, 4.69) is 23.3 Å². The van der Waals surface area contributed by atoms with E-state index in [4.69, 9.17) is 0 Å². The van der Waals surface area contributed by atoms with Crippen molar-refractivity contribution in [2.24, 2.45) is 0 Å². The molecule has 1 aliphatic rings. The Morgan fingerprint density at radius 2 is 2.00 bits per heavy atom. The number of rotatable bonds is 1. The molecular weight excluding hydrogens is 134 g/mol. The molecule has 0 radical (unpaired) electrons. The van der Waals surface area contributed by atoms with Crippen molar-refractivity contribution in [1.82, 2.24) is 4.90 Å². The van der Waals surface area contributed by atoms with Crippen molar-refractivity contribution < 1.29 is 0 Å². The van der Waals surface area contributed by atoms with Gasteiger partial charge in [0, 0.05) is 0 Å². The van der Waals surface area contributed by atoms with Crippen LogP contribution in [0.4, 0.5) is 0 Å². The van der Waals surface area contributed by atoms with Crippen LogP contribution in [0.3, 0.4) is 0 Å². The van der Waals surface area contributed by atoms with Crippen LogP contribution >= 0.6 is 0 Å². The van der Waals surface area contributed by atoms with Gasteiger partial charge >= 0.3 is 0 Å². The van der Waals surface area contributed by atoms with E-state index in [9.17, 15) is 0 Å². The largest absolute Gasteiger partial charge is 0.292 e. The molecule has 0 bridgehead atoms. The first kappa shape index (κ1) is 8.36.